The van der Waals surface area contributed by atoms with Crippen molar-refractivity contribution in [2.45, 2.75) is 32.9 Å². The van der Waals surface area contributed by atoms with Crippen molar-refractivity contribution < 1.29 is 17.3 Å². The van der Waals surface area contributed by atoms with Gasteiger partial charge in [0.05, 0.1) is 17.2 Å². The second kappa shape index (κ2) is 6.57. The second-order valence-corrected chi connectivity index (χ2v) is 8.44. The number of nitrogens with zero attached hydrogens (tertiary/aromatic N) is 2. The molecule has 1 unspecified atom stereocenters. The van der Waals surface area contributed by atoms with E-state index >= 15 is 0 Å². The van der Waals surface area contributed by atoms with Gasteiger partial charge in [0.1, 0.15) is 11.5 Å². The van der Waals surface area contributed by atoms with Crippen molar-refractivity contribution >= 4 is 9.84 Å². The highest BCUT2D eigenvalue weighted by Crippen LogP contribution is 2.26. The number of hydrogen-bond acceptors (Lipinski definition) is 6. The van der Waals surface area contributed by atoms with E-state index in [0.29, 0.717) is 36.9 Å². The maximum absolute atomic E-state index is 11.8. The molecule has 0 spiro atoms. The normalized spacial score (nSPS) is 19.9. The zero-order valence-corrected chi connectivity index (χ0v) is 14.8. The predicted molar refractivity (Wildman–Crippen MR) is 91.3 cm³/mol. The molecule has 2 aromatic heterocycles. The fourth-order valence-corrected chi connectivity index (χ4v) is 4.76. The topological polar surface area (TPSA) is 76.6 Å². The van der Waals surface area contributed by atoms with Crippen molar-refractivity contribution in [3.8, 4) is 11.7 Å². The number of oxazole rings is 1. The Hall–Kier alpha value is -1.86. The van der Waals surface area contributed by atoms with Crippen molar-refractivity contribution in [3.63, 3.8) is 0 Å². The molecule has 24 heavy (non-hydrogen) atoms. The van der Waals surface area contributed by atoms with Crippen LogP contribution in [0.5, 0.6) is 0 Å². The van der Waals surface area contributed by atoms with Gasteiger partial charge in [0.2, 0.25) is 0 Å². The number of aryl methyl sites for hydroxylation is 2. The van der Waals surface area contributed by atoms with E-state index in [4.69, 9.17) is 8.83 Å². The molecular formula is C17H22N2O4S. The van der Waals surface area contributed by atoms with Crippen LogP contribution < -0.4 is 0 Å². The van der Waals surface area contributed by atoms with E-state index in [0.717, 1.165) is 11.5 Å². The number of aromatic nitrogens is 1. The Kier molecular flexibility index (Phi) is 4.64. The molecule has 0 amide bonds. The molecule has 3 rings (SSSR count). The molecule has 0 saturated carbocycles. The SMILES string of the molecule is C=CCN(Cc1nc(-c2ccc(C)o2)oc1C)C1CCS(=O)(=O)C1. The molecule has 130 valence electrons. The van der Waals surface area contributed by atoms with Gasteiger partial charge >= 0.3 is 0 Å². The van der Waals surface area contributed by atoms with Gasteiger partial charge in [0.15, 0.2) is 15.6 Å². The quantitative estimate of drug-likeness (QED) is 0.746. The summed E-state index contributed by atoms with van der Waals surface area (Å²) in [6.07, 6.45) is 2.44. The van der Waals surface area contributed by atoms with Crippen LogP contribution in [0.25, 0.3) is 11.7 Å². The molecule has 0 aromatic carbocycles. The first-order chi connectivity index (χ1) is 11.4. The first kappa shape index (κ1) is 17.0. The maximum atomic E-state index is 11.8. The molecule has 1 atom stereocenters. The molecule has 6 nitrogen and oxygen atoms in total. The van der Waals surface area contributed by atoms with Crippen LogP contribution in [0.1, 0.15) is 23.6 Å². The lowest BCUT2D eigenvalue weighted by molar-refractivity contribution is 0.223. The van der Waals surface area contributed by atoms with Crippen LogP contribution in [0.3, 0.4) is 0 Å². The van der Waals surface area contributed by atoms with Crippen LogP contribution in [-0.2, 0) is 16.4 Å². The first-order valence-electron chi connectivity index (χ1n) is 7.96. The summed E-state index contributed by atoms with van der Waals surface area (Å²) < 4.78 is 34.8. The summed E-state index contributed by atoms with van der Waals surface area (Å²) in [4.78, 5) is 6.63. The number of rotatable bonds is 6. The molecule has 1 aliphatic heterocycles. The van der Waals surface area contributed by atoms with E-state index in [1.165, 1.54) is 0 Å². The Labute approximate surface area is 142 Å². The minimum atomic E-state index is -2.93. The summed E-state index contributed by atoms with van der Waals surface area (Å²) in [5, 5.41) is 0. The Morgan fingerprint density at radius 3 is 2.75 bits per heavy atom. The van der Waals surface area contributed by atoms with Gasteiger partial charge in [-0.05, 0) is 32.4 Å². The molecule has 1 fully saturated rings. The monoisotopic (exact) mass is 350 g/mol. The molecule has 1 aliphatic rings. The van der Waals surface area contributed by atoms with Gasteiger partial charge in [-0.15, -0.1) is 6.58 Å². The molecule has 3 heterocycles. The van der Waals surface area contributed by atoms with Gasteiger partial charge < -0.3 is 8.83 Å². The van der Waals surface area contributed by atoms with E-state index in [2.05, 4.69) is 16.5 Å². The van der Waals surface area contributed by atoms with Crippen LogP contribution in [0.2, 0.25) is 0 Å². The lowest BCUT2D eigenvalue weighted by Gasteiger charge is -2.25. The van der Waals surface area contributed by atoms with E-state index < -0.39 is 9.84 Å². The molecule has 0 radical (unpaired) electrons. The third-order valence-corrected chi connectivity index (χ3v) is 6.04. The van der Waals surface area contributed by atoms with E-state index in [1.807, 2.05) is 26.0 Å². The van der Waals surface area contributed by atoms with Crippen molar-refractivity contribution in [2.24, 2.45) is 0 Å². The number of sulfone groups is 1. The van der Waals surface area contributed by atoms with Gasteiger partial charge in [-0.25, -0.2) is 13.4 Å². The van der Waals surface area contributed by atoms with Crippen molar-refractivity contribution in [1.82, 2.24) is 9.88 Å². The van der Waals surface area contributed by atoms with Crippen LogP contribution in [0.4, 0.5) is 0 Å². The van der Waals surface area contributed by atoms with Gasteiger partial charge in [-0.1, -0.05) is 6.08 Å². The fraction of sp³-hybridized carbons (Fsp3) is 0.471. The van der Waals surface area contributed by atoms with Gasteiger partial charge in [0.25, 0.3) is 5.89 Å². The highest BCUT2D eigenvalue weighted by molar-refractivity contribution is 7.91. The highest BCUT2D eigenvalue weighted by atomic mass is 32.2. The zero-order valence-electron chi connectivity index (χ0n) is 14.0. The summed E-state index contributed by atoms with van der Waals surface area (Å²) in [6.45, 7) is 8.65. The van der Waals surface area contributed by atoms with E-state index in [-0.39, 0.29) is 17.5 Å². The van der Waals surface area contributed by atoms with Gasteiger partial charge in [-0.3, -0.25) is 4.90 Å². The van der Waals surface area contributed by atoms with Crippen LogP contribution in [0, 0.1) is 13.8 Å². The summed E-state index contributed by atoms with van der Waals surface area (Å²) in [7, 11) is -2.93. The molecule has 7 heteroatoms. The van der Waals surface area contributed by atoms with Crippen molar-refractivity contribution in [2.75, 3.05) is 18.1 Å². The predicted octanol–water partition coefficient (Wildman–Crippen LogP) is 2.73. The first-order valence-corrected chi connectivity index (χ1v) is 9.78. The largest absolute Gasteiger partial charge is 0.456 e. The third kappa shape index (κ3) is 3.62. The van der Waals surface area contributed by atoms with E-state index in [9.17, 15) is 8.42 Å². The lowest BCUT2D eigenvalue weighted by atomic mass is 10.2. The Bertz CT molecular complexity index is 835. The Morgan fingerprint density at radius 2 is 2.17 bits per heavy atom. The average molecular weight is 350 g/mol. The van der Waals surface area contributed by atoms with E-state index in [1.54, 1.807) is 6.08 Å². The molecule has 0 bridgehead atoms. The standard InChI is InChI=1S/C17H22N2O4S/c1-4-8-19(14-7-9-24(20,21)11-14)10-15-13(3)23-17(18-15)16-6-5-12(2)22-16/h4-6,14H,1,7-11H2,2-3H3. The second-order valence-electron chi connectivity index (χ2n) is 6.21. The lowest BCUT2D eigenvalue weighted by Crippen LogP contribution is -2.36. The van der Waals surface area contributed by atoms with Gasteiger partial charge in [-0.2, -0.15) is 0 Å². The third-order valence-electron chi connectivity index (χ3n) is 4.29. The molecule has 1 saturated heterocycles. The Balaban J connectivity index is 1.80. The fourth-order valence-electron chi connectivity index (χ4n) is 2.99. The number of hydrogen-bond donors (Lipinski definition) is 0. The summed E-state index contributed by atoms with van der Waals surface area (Å²) >= 11 is 0. The van der Waals surface area contributed by atoms with Gasteiger partial charge in [0, 0.05) is 19.1 Å². The molecule has 2 aromatic rings. The minimum absolute atomic E-state index is 0.00147. The number of furan rings is 1. The van der Waals surface area contributed by atoms with Crippen LogP contribution in [-0.4, -0.2) is 42.4 Å². The minimum Gasteiger partial charge on any atom is -0.456 e. The highest BCUT2D eigenvalue weighted by Gasteiger charge is 2.32. The zero-order chi connectivity index (χ0) is 17.3. The summed E-state index contributed by atoms with van der Waals surface area (Å²) in [5.41, 5.74) is 0.796. The van der Waals surface area contributed by atoms with Crippen LogP contribution in [0.15, 0.2) is 33.6 Å². The van der Waals surface area contributed by atoms with Crippen molar-refractivity contribution in [3.05, 3.63) is 42.0 Å². The van der Waals surface area contributed by atoms with Crippen molar-refractivity contribution in [1.29, 1.82) is 0 Å². The summed E-state index contributed by atoms with van der Waals surface area (Å²) in [6, 6.07) is 3.69. The maximum Gasteiger partial charge on any atom is 0.263 e. The molecule has 0 aliphatic carbocycles. The summed E-state index contributed by atoms with van der Waals surface area (Å²) in [5.74, 6) is 3.01. The Morgan fingerprint density at radius 1 is 1.38 bits per heavy atom. The molecular weight excluding hydrogens is 328 g/mol. The average Bonchev–Trinajstić information content (AvgIpc) is 3.19. The molecule has 0 N–H and O–H groups in total. The van der Waals surface area contributed by atoms with Crippen LogP contribution >= 0.6 is 0 Å². The smallest absolute Gasteiger partial charge is 0.263 e.